The number of hydrogen-bond donors (Lipinski definition) is 3. The van der Waals surface area contributed by atoms with Gasteiger partial charge < -0.3 is 15.7 Å². The van der Waals surface area contributed by atoms with Crippen molar-refractivity contribution in [3.8, 4) is 0 Å². The van der Waals surface area contributed by atoms with Gasteiger partial charge in [0.15, 0.2) is 5.88 Å². The summed E-state index contributed by atoms with van der Waals surface area (Å²) >= 11 is 0. The van der Waals surface area contributed by atoms with Crippen LogP contribution in [0.4, 0.5) is 0 Å². The van der Waals surface area contributed by atoms with Gasteiger partial charge in [-0.2, -0.15) is 8.42 Å². The van der Waals surface area contributed by atoms with E-state index in [9.17, 15) is 18.3 Å². The molecule has 0 aromatic carbocycles. The number of allylic oxidation sites excluding steroid dienone is 1. The Morgan fingerprint density at radius 2 is 2.06 bits per heavy atom. The molecule has 1 amide bonds. The number of aliphatic hydroxyl groups is 1. The lowest BCUT2D eigenvalue weighted by molar-refractivity contribution is -0.114. The molecule has 8 heteroatoms. The van der Waals surface area contributed by atoms with Gasteiger partial charge in [0.2, 0.25) is 5.91 Å². The molecule has 0 saturated carbocycles. The number of nitrogens with two attached hydrogens (primary N) is 1. The summed E-state index contributed by atoms with van der Waals surface area (Å²) < 4.78 is 30.4. The summed E-state index contributed by atoms with van der Waals surface area (Å²) in [4.78, 5) is 12.4. The van der Waals surface area contributed by atoms with Crippen LogP contribution in [0.5, 0.6) is 0 Å². The lowest BCUT2D eigenvalue weighted by Gasteiger charge is -2.28. The molecule has 0 aromatic rings. The van der Waals surface area contributed by atoms with Gasteiger partial charge in [-0.25, -0.2) is 0 Å². The van der Waals surface area contributed by atoms with Gasteiger partial charge in [0.05, 0.1) is 6.54 Å². The Morgan fingerprint density at radius 3 is 2.47 bits per heavy atom. The number of carbonyl (C=O) groups excluding carboxylic acids is 1. The third-order valence-electron chi connectivity index (χ3n) is 2.56. The molecule has 0 unspecified atom stereocenters. The van der Waals surface area contributed by atoms with E-state index in [4.69, 9.17) is 10.3 Å². The van der Waals surface area contributed by atoms with Crippen molar-refractivity contribution in [2.45, 2.75) is 6.92 Å². The van der Waals surface area contributed by atoms with E-state index in [0.717, 1.165) is 0 Å². The molecule has 0 bridgehead atoms. The summed E-state index contributed by atoms with van der Waals surface area (Å²) in [5, 5.41) is 9.71. The second kappa shape index (κ2) is 4.38. The predicted octanol–water partition coefficient (Wildman–Crippen LogP) is -0.609. The van der Waals surface area contributed by atoms with Gasteiger partial charge in [0, 0.05) is 18.2 Å². The van der Waals surface area contributed by atoms with E-state index in [2.05, 4.69) is 0 Å². The van der Waals surface area contributed by atoms with Crippen LogP contribution in [0.3, 0.4) is 0 Å². The van der Waals surface area contributed by atoms with Gasteiger partial charge >= 0.3 is 0 Å². The first-order valence-electron chi connectivity index (χ1n) is 4.72. The topological polar surface area (TPSA) is 121 Å². The van der Waals surface area contributed by atoms with Crippen molar-refractivity contribution in [1.82, 2.24) is 4.90 Å². The highest BCUT2D eigenvalue weighted by atomic mass is 32.2. The minimum absolute atomic E-state index is 0.0185. The monoisotopic (exact) mass is 262 g/mol. The van der Waals surface area contributed by atoms with Crippen LogP contribution < -0.4 is 5.73 Å². The smallest absolute Gasteiger partial charge is 0.269 e. The van der Waals surface area contributed by atoms with Crippen LogP contribution in [0.1, 0.15) is 6.92 Å². The minimum atomic E-state index is -4.29. The number of amides is 1. The molecule has 1 aliphatic rings. The first kappa shape index (κ1) is 13.5. The SMILES string of the molecule is CC1=C(C(N)=O)CN(C)C(O)=C1CS(=O)(=O)O. The van der Waals surface area contributed by atoms with E-state index in [0.29, 0.717) is 0 Å². The van der Waals surface area contributed by atoms with E-state index in [1.54, 1.807) is 0 Å². The molecule has 17 heavy (non-hydrogen) atoms. The summed E-state index contributed by atoms with van der Waals surface area (Å²) in [5.74, 6) is -1.73. The molecule has 0 aromatic heterocycles. The molecule has 1 aliphatic heterocycles. The Bertz CT molecular complexity index is 518. The van der Waals surface area contributed by atoms with Crippen LogP contribution in [0, 0.1) is 0 Å². The van der Waals surface area contributed by atoms with Gasteiger partial charge in [-0.05, 0) is 12.5 Å². The summed E-state index contributed by atoms with van der Waals surface area (Å²) in [5.41, 5.74) is 5.63. The molecule has 0 aliphatic carbocycles. The van der Waals surface area contributed by atoms with Crippen molar-refractivity contribution in [1.29, 1.82) is 0 Å². The van der Waals surface area contributed by atoms with Crippen molar-refractivity contribution < 1.29 is 22.9 Å². The van der Waals surface area contributed by atoms with Crippen LogP contribution in [0.2, 0.25) is 0 Å². The average Bonchev–Trinajstić information content (AvgIpc) is 2.16. The third-order valence-corrected chi connectivity index (χ3v) is 3.21. The maximum Gasteiger partial charge on any atom is 0.269 e. The molecular weight excluding hydrogens is 248 g/mol. The summed E-state index contributed by atoms with van der Waals surface area (Å²) in [6.45, 7) is 1.58. The Labute approximate surface area is 99.0 Å². The van der Waals surface area contributed by atoms with Crippen LogP contribution in [0.25, 0.3) is 0 Å². The van der Waals surface area contributed by atoms with E-state index >= 15 is 0 Å². The number of nitrogens with zero attached hydrogens (tertiary/aromatic N) is 1. The van der Waals surface area contributed by atoms with Crippen molar-refractivity contribution in [3.63, 3.8) is 0 Å². The second-order valence-electron chi connectivity index (χ2n) is 3.85. The number of rotatable bonds is 3. The second-order valence-corrected chi connectivity index (χ2v) is 5.30. The van der Waals surface area contributed by atoms with Crippen LogP contribution in [0.15, 0.2) is 22.6 Å². The van der Waals surface area contributed by atoms with Gasteiger partial charge in [-0.1, -0.05) is 0 Å². The van der Waals surface area contributed by atoms with Gasteiger partial charge in [0.25, 0.3) is 10.1 Å². The highest BCUT2D eigenvalue weighted by molar-refractivity contribution is 7.86. The van der Waals surface area contributed by atoms with Crippen LogP contribution in [-0.2, 0) is 14.9 Å². The molecule has 1 heterocycles. The Balaban J connectivity index is 3.31. The van der Waals surface area contributed by atoms with E-state index in [1.165, 1.54) is 18.9 Å². The van der Waals surface area contributed by atoms with E-state index < -0.39 is 21.8 Å². The molecule has 0 fully saturated rings. The predicted molar refractivity (Wildman–Crippen MR) is 60.6 cm³/mol. The third kappa shape index (κ3) is 2.98. The Hall–Kier alpha value is -1.54. The average molecular weight is 262 g/mol. The largest absolute Gasteiger partial charge is 0.494 e. The highest BCUT2D eigenvalue weighted by Crippen LogP contribution is 2.26. The molecule has 96 valence electrons. The molecule has 1 rings (SSSR count). The molecule has 4 N–H and O–H groups in total. The Kier molecular flexibility index (Phi) is 3.48. The number of carbonyl (C=O) groups is 1. The number of likely N-dealkylation sites (N-methyl/N-ethyl adjacent to an activating group) is 1. The van der Waals surface area contributed by atoms with Crippen LogP contribution in [-0.4, -0.2) is 48.2 Å². The fourth-order valence-electron chi connectivity index (χ4n) is 1.63. The van der Waals surface area contributed by atoms with Crippen molar-refractivity contribution in [2.24, 2.45) is 5.73 Å². The fraction of sp³-hybridized carbons (Fsp3) is 0.444. The molecule has 7 nitrogen and oxygen atoms in total. The number of primary amides is 1. The van der Waals surface area contributed by atoms with Crippen molar-refractivity contribution >= 4 is 16.0 Å². The standard InChI is InChI=1S/C9H14N2O5S/c1-5-6(8(10)12)3-11(2)9(13)7(5)4-17(14,15)16/h13H,3-4H2,1-2H3,(H2,10,12)(H,14,15,16). The van der Waals surface area contributed by atoms with Gasteiger partial charge in [-0.15, -0.1) is 0 Å². The van der Waals surface area contributed by atoms with Gasteiger partial charge in [-0.3, -0.25) is 9.35 Å². The first-order chi connectivity index (χ1) is 7.63. The zero-order valence-corrected chi connectivity index (χ0v) is 10.3. The van der Waals surface area contributed by atoms with Crippen molar-refractivity contribution in [3.05, 3.63) is 22.6 Å². The van der Waals surface area contributed by atoms with Crippen molar-refractivity contribution in [2.75, 3.05) is 19.3 Å². The normalized spacial score (nSPS) is 17.7. The Morgan fingerprint density at radius 1 is 1.53 bits per heavy atom. The maximum atomic E-state index is 11.1. The molecule has 0 spiro atoms. The number of hydrogen-bond acceptors (Lipinski definition) is 5. The summed E-state index contributed by atoms with van der Waals surface area (Å²) in [6.07, 6.45) is 0. The first-order valence-corrected chi connectivity index (χ1v) is 6.32. The number of aliphatic hydroxyl groups excluding tert-OH is 1. The molecule has 0 radical (unpaired) electrons. The molecule has 0 atom stereocenters. The fourth-order valence-corrected chi connectivity index (χ4v) is 2.34. The lowest BCUT2D eigenvalue weighted by Crippen LogP contribution is -2.33. The molecular formula is C9H14N2O5S. The quantitative estimate of drug-likeness (QED) is 0.583. The van der Waals surface area contributed by atoms with E-state index in [-0.39, 0.29) is 29.1 Å². The van der Waals surface area contributed by atoms with Gasteiger partial charge in [0.1, 0.15) is 5.75 Å². The molecule has 0 saturated heterocycles. The van der Waals surface area contributed by atoms with E-state index in [1.807, 2.05) is 0 Å². The minimum Gasteiger partial charge on any atom is -0.494 e. The maximum absolute atomic E-state index is 11.1. The summed E-state index contributed by atoms with van der Waals surface area (Å²) in [7, 11) is -2.81. The zero-order chi connectivity index (χ0) is 13.4. The zero-order valence-electron chi connectivity index (χ0n) is 9.47. The van der Waals surface area contributed by atoms with Crippen LogP contribution >= 0.6 is 0 Å². The summed E-state index contributed by atoms with van der Waals surface area (Å²) in [6, 6.07) is 0. The highest BCUT2D eigenvalue weighted by Gasteiger charge is 2.27. The lowest BCUT2D eigenvalue weighted by atomic mass is 9.98.